The molecule has 0 bridgehead atoms. The van der Waals surface area contributed by atoms with Crippen LogP contribution in [0.2, 0.25) is 0 Å². The van der Waals surface area contributed by atoms with Gasteiger partial charge in [-0.3, -0.25) is 0 Å². The van der Waals surface area contributed by atoms with Crippen molar-refractivity contribution in [3.05, 3.63) is 70.8 Å². The molecule has 170 valence electrons. The van der Waals surface area contributed by atoms with E-state index in [0.717, 1.165) is 38.6 Å². The molecule has 1 atom stereocenters. The number of aliphatic imine (C=N–C) groups is 1. The first-order chi connectivity index (χ1) is 14.7. The lowest BCUT2D eigenvalue weighted by Gasteiger charge is -2.22. The van der Waals surface area contributed by atoms with Crippen LogP contribution >= 0.6 is 24.0 Å². The highest BCUT2D eigenvalue weighted by molar-refractivity contribution is 14.0. The molecule has 1 heterocycles. The summed E-state index contributed by atoms with van der Waals surface area (Å²) in [6.07, 6.45) is 2.31. The maximum atomic E-state index is 6.01. The van der Waals surface area contributed by atoms with Crippen LogP contribution in [0.3, 0.4) is 0 Å². The second-order valence-corrected chi connectivity index (χ2v) is 7.86. The van der Waals surface area contributed by atoms with Crippen LogP contribution in [0.4, 0.5) is 0 Å². The van der Waals surface area contributed by atoms with Gasteiger partial charge in [0.05, 0.1) is 25.3 Å². The summed E-state index contributed by atoms with van der Waals surface area (Å²) in [4.78, 5) is 4.78. The molecule has 2 aromatic rings. The smallest absolute Gasteiger partial charge is 0.192 e. The number of halogens is 1. The van der Waals surface area contributed by atoms with Crippen molar-refractivity contribution in [2.75, 3.05) is 19.8 Å². The van der Waals surface area contributed by atoms with Gasteiger partial charge in [0.2, 0.25) is 0 Å². The molecule has 5 nitrogen and oxygen atoms in total. The first-order valence-corrected chi connectivity index (χ1v) is 11.0. The Kier molecular flexibility index (Phi) is 11.3. The van der Waals surface area contributed by atoms with E-state index < -0.39 is 0 Å². The van der Waals surface area contributed by atoms with Crippen LogP contribution in [-0.2, 0) is 22.6 Å². The fourth-order valence-electron chi connectivity index (χ4n) is 3.64. The second kappa shape index (κ2) is 13.7. The van der Waals surface area contributed by atoms with Gasteiger partial charge < -0.3 is 20.1 Å². The lowest BCUT2D eigenvalue weighted by Crippen LogP contribution is -2.38. The summed E-state index contributed by atoms with van der Waals surface area (Å²) in [7, 11) is 0. The summed E-state index contributed by atoms with van der Waals surface area (Å²) in [5.74, 6) is 0.834. The van der Waals surface area contributed by atoms with E-state index in [1.807, 2.05) is 0 Å². The minimum atomic E-state index is 0. The number of hydrogen-bond donors (Lipinski definition) is 2. The first kappa shape index (κ1) is 25.6. The number of guanidine groups is 1. The van der Waals surface area contributed by atoms with E-state index in [2.05, 4.69) is 79.9 Å². The van der Waals surface area contributed by atoms with Crippen molar-refractivity contribution in [2.45, 2.75) is 58.9 Å². The molecule has 1 saturated heterocycles. The Morgan fingerprint density at radius 2 is 1.77 bits per heavy atom. The van der Waals surface area contributed by atoms with Gasteiger partial charge in [0.15, 0.2) is 5.96 Å². The summed E-state index contributed by atoms with van der Waals surface area (Å²) in [6.45, 7) is 10.1. The molecule has 0 amide bonds. The zero-order chi connectivity index (χ0) is 21.2. The van der Waals surface area contributed by atoms with Gasteiger partial charge in [-0.05, 0) is 55.9 Å². The highest BCUT2D eigenvalue weighted by Crippen LogP contribution is 2.17. The molecular weight excluding hydrogens is 501 g/mol. The highest BCUT2D eigenvalue weighted by atomic mass is 127. The van der Waals surface area contributed by atoms with Crippen molar-refractivity contribution in [3.8, 4) is 0 Å². The van der Waals surface area contributed by atoms with E-state index in [1.54, 1.807) is 0 Å². The monoisotopic (exact) mass is 537 g/mol. The van der Waals surface area contributed by atoms with E-state index in [0.29, 0.717) is 19.3 Å². The Hall–Kier alpha value is -1.64. The minimum absolute atomic E-state index is 0. The molecule has 0 radical (unpaired) electrons. The van der Waals surface area contributed by atoms with Gasteiger partial charge in [0.1, 0.15) is 0 Å². The number of aryl methyl sites for hydroxylation is 1. The average Bonchev–Trinajstić information content (AvgIpc) is 2.78. The first-order valence-electron chi connectivity index (χ1n) is 11.0. The van der Waals surface area contributed by atoms with Crippen LogP contribution in [0.25, 0.3) is 0 Å². The molecule has 1 aliphatic rings. The molecule has 3 rings (SSSR count). The van der Waals surface area contributed by atoms with Gasteiger partial charge >= 0.3 is 0 Å². The van der Waals surface area contributed by atoms with Crippen LogP contribution < -0.4 is 10.6 Å². The molecule has 2 aromatic carbocycles. The van der Waals surface area contributed by atoms with Crippen molar-refractivity contribution < 1.29 is 9.47 Å². The quantitative estimate of drug-likeness (QED) is 0.279. The number of benzene rings is 2. The summed E-state index contributed by atoms with van der Waals surface area (Å²) >= 11 is 0. The Morgan fingerprint density at radius 1 is 1.10 bits per heavy atom. The summed E-state index contributed by atoms with van der Waals surface area (Å²) in [5.41, 5.74) is 4.96. The Bertz CT molecular complexity index is 805. The van der Waals surface area contributed by atoms with Crippen molar-refractivity contribution in [1.29, 1.82) is 0 Å². The number of ether oxygens (including phenoxy) is 2. The third kappa shape index (κ3) is 8.43. The second-order valence-electron chi connectivity index (χ2n) is 7.86. The molecule has 1 aliphatic heterocycles. The highest BCUT2D eigenvalue weighted by Gasteiger charge is 2.14. The maximum Gasteiger partial charge on any atom is 0.192 e. The van der Waals surface area contributed by atoms with E-state index >= 15 is 0 Å². The molecular formula is C25H36IN3O2. The largest absolute Gasteiger partial charge is 0.381 e. The van der Waals surface area contributed by atoms with Crippen molar-refractivity contribution in [1.82, 2.24) is 10.6 Å². The van der Waals surface area contributed by atoms with Gasteiger partial charge in [-0.25, -0.2) is 4.99 Å². The van der Waals surface area contributed by atoms with Gasteiger partial charge in [0, 0.05) is 19.8 Å². The predicted octanol–water partition coefficient (Wildman–Crippen LogP) is 5.12. The van der Waals surface area contributed by atoms with Crippen molar-refractivity contribution in [2.24, 2.45) is 4.99 Å². The molecule has 0 aromatic heterocycles. The molecule has 0 spiro atoms. The minimum Gasteiger partial charge on any atom is -0.381 e. The third-order valence-electron chi connectivity index (χ3n) is 5.45. The van der Waals surface area contributed by atoms with Gasteiger partial charge in [-0.1, -0.05) is 48.5 Å². The van der Waals surface area contributed by atoms with Crippen LogP contribution in [0, 0.1) is 6.92 Å². The van der Waals surface area contributed by atoms with Gasteiger partial charge in [-0.2, -0.15) is 0 Å². The van der Waals surface area contributed by atoms with Crippen LogP contribution in [0.1, 0.15) is 55.0 Å². The lowest BCUT2D eigenvalue weighted by molar-refractivity contribution is -0.0390. The molecule has 1 fully saturated rings. The molecule has 0 aliphatic carbocycles. The predicted molar refractivity (Wildman–Crippen MR) is 138 cm³/mol. The fourth-order valence-corrected chi connectivity index (χ4v) is 3.64. The average molecular weight is 537 g/mol. The molecule has 2 N–H and O–H groups in total. The molecule has 31 heavy (non-hydrogen) atoms. The maximum absolute atomic E-state index is 6.01. The van der Waals surface area contributed by atoms with Crippen molar-refractivity contribution >= 4 is 29.9 Å². The normalized spacial score (nSPS) is 15.8. The number of nitrogens with zero attached hydrogens (tertiary/aromatic N) is 1. The number of nitrogens with one attached hydrogen (secondary N) is 2. The zero-order valence-electron chi connectivity index (χ0n) is 18.9. The van der Waals surface area contributed by atoms with E-state index in [9.17, 15) is 0 Å². The third-order valence-corrected chi connectivity index (χ3v) is 5.45. The number of hydrogen-bond acceptors (Lipinski definition) is 3. The Labute approximate surface area is 204 Å². The molecule has 6 heteroatoms. The van der Waals surface area contributed by atoms with Gasteiger partial charge in [-0.15, -0.1) is 24.0 Å². The Morgan fingerprint density at radius 3 is 2.45 bits per heavy atom. The topological polar surface area (TPSA) is 54.9 Å². The Balaban J connectivity index is 0.00000341. The molecule has 0 saturated carbocycles. The van der Waals surface area contributed by atoms with Crippen LogP contribution in [-0.4, -0.2) is 31.8 Å². The fraction of sp³-hybridized carbons (Fsp3) is 0.480. The van der Waals surface area contributed by atoms with Gasteiger partial charge in [0.25, 0.3) is 0 Å². The SMILES string of the molecule is CCNC(=NCc1ccc(COC2CCOCC2)cc1)NC(C)c1ccccc1C.I. The van der Waals surface area contributed by atoms with Crippen LogP contribution in [0.15, 0.2) is 53.5 Å². The van der Waals surface area contributed by atoms with E-state index in [-0.39, 0.29) is 30.0 Å². The zero-order valence-corrected chi connectivity index (χ0v) is 21.2. The standard InChI is InChI=1S/C25H35N3O2.HI/c1-4-26-25(28-20(3)24-8-6-5-7-19(24)2)27-17-21-9-11-22(12-10-21)18-30-23-13-15-29-16-14-23;/h5-12,20,23H,4,13-18H2,1-3H3,(H2,26,27,28);1H. The van der Waals surface area contributed by atoms with Crippen LogP contribution in [0.5, 0.6) is 0 Å². The number of rotatable bonds is 8. The summed E-state index contributed by atoms with van der Waals surface area (Å²) in [6, 6.07) is 17.2. The van der Waals surface area contributed by atoms with E-state index in [1.165, 1.54) is 22.3 Å². The lowest BCUT2D eigenvalue weighted by atomic mass is 10.0. The van der Waals surface area contributed by atoms with Crippen molar-refractivity contribution in [3.63, 3.8) is 0 Å². The molecule has 1 unspecified atom stereocenters. The van der Waals surface area contributed by atoms with E-state index in [4.69, 9.17) is 14.5 Å². The summed E-state index contributed by atoms with van der Waals surface area (Å²) < 4.78 is 11.4. The summed E-state index contributed by atoms with van der Waals surface area (Å²) in [5, 5.41) is 6.87.